The van der Waals surface area contributed by atoms with Gasteiger partial charge in [-0.1, -0.05) is 48.5 Å². The number of ether oxygens (including phenoxy) is 1. The van der Waals surface area contributed by atoms with Crippen LogP contribution in [0.3, 0.4) is 0 Å². The molecule has 0 bridgehead atoms. The summed E-state index contributed by atoms with van der Waals surface area (Å²) in [6, 6.07) is 14.4. The zero-order valence-electron chi connectivity index (χ0n) is 22.8. The smallest absolute Gasteiger partial charge is 0.336 e. The Labute approximate surface area is 240 Å². The second kappa shape index (κ2) is 16.5. The van der Waals surface area contributed by atoms with Crippen LogP contribution < -0.4 is 27.1 Å². The number of carbonyl (C=O) groups excluding carboxylic acids is 3. The summed E-state index contributed by atoms with van der Waals surface area (Å²) in [5.74, 6) is -1.20. The number of unbranched alkanes of at least 4 members (excludes halogenated alkanes) is 1. The van der Waals surface area contributed by atoms with Crippen LogP contribution in [0.2, 0.25) is 0 Å². The van der Waals surface area contributed by atoms with Gasteiger partial charge in [0.25, 0.3) is 5.91 Å². The van der Waals surface area contributed by atoms with Crippen molar-refractivity contribution in [2.75, 3.05) is 32.8 Å². The topological polar surface area (TPSA) is 172 Å². The first-order valence-corrected chi connectivity index (χ1v) is 15.0. The summed E-state index contributed by atoms with van der Waals surface area (Å²) in [6.07, 6.45) is 2.95. The molecule has 2 aromatic rings. The van der Waals surface area contributed by atoms with E-state index in [1.807, 2.05) is 30.3 Å². The first-order valence-electron chi connectivity index (χ1n) is 13.5. The summed E-state index contributed by atoms with van der Waals surface area (Å²) in [5.41, 5.74) is 9.01. The number of rotatable bonds is 14. The van der Waals surface area contributed by atoms with Crippen molar-refractivity contribution in [2.24, 2.45) is 5.73 Å². The molecular weight excluding hydrogens is 548 g/mol. The summed E-state index contributed by atoms with van der Waals surface area (Å²) >= 11 is 0. The summed E-state index contributed by atoms with van der Waals surface area (Å²) in [5, 5.41) is 10.6. The highest BCUT2D eigenvalue weighted by Crippen LogP contribution is 2.11. The van der Waals surface area contributed by atoms with Gasteiger partial charge in [-0.3, -0.25) is 20.3 Å². The Kier molecular flexibility index (Phi) is 12.8. The van der Waals surface area contributed by atoms with Gasteiger partial charge >= 0.3 is 6.03 Å². The molecule has 2 atom stereocenters. The van der Waals surface area contributed by atoms with Gasteiger partial charge in [0.2, 0.25) is 15.7 Å². The lowest BCUT2D eigenvalue weighted by Gasteiger charge is -2.27. The minimum Gasteiger partial charge on any atom is -0.379 e. The number of hydrazine groups is 1. The van der Waals surface area contributed by atoms with Crippen molar-refractivity contribution in [3.63, 3.8) is 0 Å². The molecule has 1 heterocycles. The van der Waals surface area contributed by atoms with Crippen LogP contribution in [-0.4, -0.2) is 76.2 Å². The second-order valence-corrected chi connectivity index (χ2v) is 11.3. The number of nitrogens with zero attached hydrogens (tertiary/aromatic N) is 1. The highest BCUT2D eigenvalue weighted by atomic mass is 32.2. The number of nitrogens with one attached hydrogen (secondary N) is 4. The van der Waals surface area contributed by atoms with Gasteiger partial charge in [-0.2, -0.15) is 0 Å². The van der Waals surface area contributed by atoms with Crippen LogP contribution in [0.4, 0.5) is 4.79 Å². The third-order valence-electron chi connectivity index (χ3n) is 6.30. The number of sulfone groups is 1. The standard InChI is InChI=1S/C28H38N6O6S/c29-14-8-7-13-24(30-15-20-41(38,39)23-11-5-2-6-12-23)26(35)31-25(21-22-9-3-1-4-10-22)27(36)32-28(37)33-34-16-18-40-19-17-34/h1-6,9-12,15,20,24-25,30H,7-8,13-14,16-19,21,29H2,(H,31,35)(H2,32,33,36,37)/b20-15+/t24-,25-/m0/s1. The minimum absolute atomic E-state index is 0.122. The molecule has 1 aliphatic rings. The van der Waals surface area contributed by atoms with Crippen LogP contribution in [0.25, 0.3) is 0 Å². The predicted octanol–water partition coefficient (Wildman–Crippen LogP) is 0.819. The summed E-state index contributed by atoms with van der Waals surface area (Å²) < 4.78 is 30.5. The molecule has 2 aromatic carbocycles. The number of hydrogen-bond acceptors (Lipinski definition) is 9. The molecule has 6 N–H and O–H groups in total. The number of morpholine rings is 1. The summed E-state index contributed by atoms with van der Waals surface area (Å²) in [4.78, 5) is 39.2. The largest absolute Gasteiger partial charge is 0.379 e. The van der Waals surface area contributed by atoms with E-state index in [1.54, 1.807) is 23.2 Å². The van der Waals surface area contributed by atoms with Gasteiger partial charge in [0.15, 0.2) is 0 Å². The molecule has 1 aliphatic heterocycles. The number of benzene rings is 2. The van der Waals surface area contributed by atoms with E-state index in [2.05, 4.69) is 21.4 Å². The van der Waals surface area contributed by atoms with E-state index in [-0.39, 0.29) is 11.3 Å². The Bertz CT molecular complexity index is 1250. The Morgan fingerprint density at radius 3 is 2.24 bits per heavy atom. The number of nitrogens with two attached hydrogens (primary N) is 1. The van der Waals surface area contributed by atoms with Crippen molar-refractivity contribution >= 4 is 27.7 Å². The molecule has 0 radical (unpaired) electrons. The average Bonchev–Trinajstić information content (AvgIpc) is 2.97. The molecule has 3 rings (SSSR count). The van der Waals surface area contributed by atoms with Gasteiger partial charge in [0.05, 0.1) is 23.5 Å². The van der Waals surface area contributed by atoms with Gasteiger partial charge in [0, 0.05) is 25.7 Å². The molecule has 0 saturated carbocycles. The van der Waals surface area contributed by atoms with Gasteiger partial charge in [-0.15, -0.1) is 0 Å². The van der Waals surface area contributed by atoms with E-state index in [9.17, 15) is 22.8 Å². The lowest BCUT2D eigenvalue weighted by Crippen LogP contribution is -2.57. The maximum atomic E-state index is 13.4. The van der Waals surface area contributed by atoms with Gasteiger partial charge in [-0.25, -0.2) is 18.2 Å². The summed E-state index contributed by atoms with van der Waals surface area (Å²) in [6.45, 7) is 2.32. The SMILES string of the molecule is NCCCC[C@H](N/C=C/S(=O)(=O)c1ccccc1)C(=O)N[C@@H](Cc1ccccc1)C(=O)NC(=O)NN1CCOCC1. The number of amides is 4. The van der Waals surface area contributed by atoms with Crippen LogP contribution in [0.1, 0.15) is 24.8 Å². The minimum atomic E-state index is -3.72. The third-order valence-corrected chi connectivity index (χ3v) is 7.73. The number of carbonyl (C=O) groups is 3. The first kappa shape index (κ1) is 31.7. The average molecular weight is 587 g/mol. The van der Waals surface area contributed by atoms with E-state index in [0.717, 1.165) is 11.0 Å². The quantitative estimate of drug-likeness (QED) is 0.201. The Morgan fingerprint density at radius 2 is 1.59 bits per heavy atom. The number of urea groups is 1. The van der Waals surface area contributed by atoms with E-state index < -0.39 is 39.8 Å². The van der Waals surface area contributed by atoms with Crippen LogP contribution >= 0.6 is 0 Å². The molecule has 0 spiro atoms. The Morgan fingerprint density at radius 1 is 0.927 bits per heavy atom. The maximum Gasteiger partial charge on any atom is 0.336 e. The molecule has 41 heavy (non-hydrogen) atoms. The van der Waals surface area contributed by atoms with Crippen LogP contribution in [0.5, 0.6) is 0 Å². The molecule has 4 amide bonds. The van der Waals surface area contributed by atoms with Crippen molar-refractivity contribution in [2.45, 2.75) is 42.7 Å². The molecule has 0 aliphatic carbocycles. The predicted molar refractivity (Wildman–Crippen MR) is 154 cm³/mol. The highest BCUT2D eigenvalue weighted by Gasteiger charge is 2.27. The second-order valence-electron chi connectivity index (χ2n) is 9.45. The zero-order valence-corrected chi connectivity index (χ0v) is 23.6. The van der Waals surface area contributed by atoms with Crippen molar-refractivity contribution in [3.8, 4) is 0 Å². The monoisotopic (exact) mass is 586 g/mol. The fourth-order valence-corrected chi connectivity index (χ4v) is 5.05. The molecule has 12 nitrogen and oxygen atoms in total. The number of hydrogen-bond donors (Lipinski definition) is 5. The Hall–Kier alpha value is -3.78. The van der Waals surface area contributed by atoms with Gasteiger partial charge in [0.1, 0.15) is 12.1 Å². The van der Waals surface area contributed by atoms with Gasteiger partial charge < -0.3 is 21.1 Å². The molecule has 222 valence electrons. The van der Waals surface area contributed by atoms with E-state index in [1.165, 1.54) is 18.3 Å². The van der Waals surface area contributed by atoms with Crippen molar-refractivity contribution < 1.29 is 27.5 Å². The fourth-order valence-electron chi connectivity index (χ4n) is 4.09. The van der Waals surface area contributed by atoms with Crippen LogP contribution in [-0.2, 0) is 30.6 Å². The lowest BCUT2D eigenvalue weighted by molar-refractivity contribution is -0.129. The highest BCUT2D eigenvalue weighted by molar-refractivity contribution is 7.94. The lowest BCUT2D eigenvalue weighted by atomic mass is 10.0. The van der Waals surface area contributed by atoms with Gasteiger partial charge in [-0.05, 0) is 43.5 Å². The zero-order chi connectivity index (χ0) is 29.5. The van der Waals surface area contributed by atoms with Crippen LogP contribution in [0.15, 0.2) is 77.2 Å². The molecule has 1 fully saturated rings. The molecule has 0 unspecified atom stereocenters. The molecule has 0 aromatic heterocycles. The van der Waals surface area contributed by atoms with E-state index >= 15 is 0 Å². The summed E-state index contributed by atoms with van der Waals surface area (Å²) in [7, 11) is -3.72. The number of imide groups is 1. The fraction of sp³-hybridized carbons (Fsp3) is 0.393. The molecule has 1 saturated heterocycles. The Balaban J connectivity index is 1.70. The van der Waals surface area contributed by atoms with Crippen LogP contribution in [0, 0.1) is 0 Å². The van der Waals surface area contributed by atoms with Crippen molar-refractivity contribution in [1.82, 2.24) is 26.4 Å². The molecule has 13 heteroatoms. The van der Waals surface area contributed by atoms with Crippen molar-refractivity contribution in [3.05, 3.63) is 77.8 Å². The molecular formula is C28H38N6O6S. The van der Waals surface area contributed by atoms with Crippen molar-refractivity contribution in [1.29, 1.82) is 0 Å². The normalized spacial score (nSPS) is 15.5. The third kappa shape index (κ3) is 11.0. The van der Waals surface area contributed by atoms with E-state index in [4.69, 9.17) is 10.5 Å². The first-order chi connectivity index (χ1) is 19.8. The van der Waals surface area contributed by atoms with E-state index in [0.29, 0.717) is 52.1 Å². The maximum absolute atomic E-state index is 13.4.